The first kappa shape index (κ1) is 10.9. The van der Waals surface area contributed by atoms with Crippen LogP contribution in [0.1, 0.15) is 26.7 Å². The molecule has 13 heavy (non-hydrogen) atoms. The molecule has 2 nitrogen and oxygen atoms in total. The van der Waals surface area contributed by atoms with Crippen LogP contribution in [0, 0.1) is 0 Å². The molecule has 1 aliphatic rings. The van der Waals surface area contributed by atoms with Crippen molar-refractivity contribution >= 4 is 0 Å². The first-order chi connectivity index (χ1) is 6.01. The number of hydrogen-bond acceptors (Lipinski definition) is 2. The van der Waals surface area contributed by atoms with Gasteiger partial charge in [-0.05, 0) is 46.8 Å². The molecule has 0 unspecified atom stereocenters. The Labute approximate surface area is 80.5 Å². The molecule has 0 aromatic rings. The monoisotopic (exact) mass is 188 g/mol. The molecule has 0 aromatic carbocycles. The minimum absolute atomic E-state index is 0.573. The van der Waals surface area contributed by atoms with Gasteiger partial charge in [0, 0.05) is 12.6 Å². The topological polar surface area (TPSA) is 15.3 Å². The Hall–Kier alpha value is -0.150. The van der Waals surface area contributed by atoms with E-state index in [9.17, 15) is 4.39 Å². The second-order valence-corrected chi connectivity index (χ2v) is 4.56. The molecule has 1 heterocycles. The first-order valence-electron chi connectivity index (χ1n) is 5.10. The van der Waals surface area contributed by atoms with Crippen molar-refractivity contribution in [2.75, 3.05) is 26.7 Å². The lowest BCUT2D eigenvalue weighted by molar-refractivity contribution is 0.103. The van der Waals surface area contributed by atoms with Crippen molar-refractivity contribution in [3.8, 4) is 0 Å². The van der Waals surface area contributed by atoms with E-state index in [1.54, 1.807) is 13.8 Å². The molecule has 0 aromatic heterocycles. The molecule has 0 saturated carbocycles. The number of piperidine rings is 1. The Morgan fingerprint density at radius 1 is 1.38 bits per heavy atom. The van der Waals surface area contributed by atoms with E-state index < -0.39 is 5.67 Å². The molecule has 78 valence electrons. The molecule has 3 heteroatoms. The number of likely N-dealkylation sites (tertiary alicyclic amines) is 1. The van der Waals surface area contributed by atoms with Crippen LogP contribution in [-0.2, 0) is 0 Å². The van der Waals surface area contributed by atoms with Gasteiger partial charge in [-0.1, -0.05) is 0 Å². The Balaban J connectivity index is 2.25. The molecule has 0 atom stereocenters. The highest BCUT2D eigenvalue weighted by Gasteiger charge is 2.24. The lowest BCUT2D eigenvalue weighted by atomic mass is 10.0. The van der Waals surface area contributed by atoms with E-state index in [0.29, 0.717) is 12.6 Å². The quantitative estimate of drug-likeness (QED) is 0.720. The van der Waals surface area contributed by atoms with Gasteiger partial charge in [0.15, 0.2) is 0 Å². The van der Waals surface area contributed by atoms with Gasteiger partial charge < -0.3 is 10.2 Å². The maximum absolute atomic E-state index is 13.3. The van der Waals surface area contributed by atoms with Crippen LogP contribution in [0.4, 0.5) is 4.39 Å². The molecule has 0 aliphatic carbocycles. The third-order valence-corrected chi connectivity index (χ3v) is 2.60. The molecule has 1 aliphatic heterocycles. The summed E-state index contributed by atoms with van der Waals surface area (Å²) in [6, 6.07) is 0.638. The molecule has 1 fully saturated rings. The smallest absolute Gasteiger partial charge is 0.118 e. The van der Waals surface area contributed by atoms with Gasteiger partial charge in [0.1, 0.15) is 5.67 Å². The normalized spacial score (nSPS) is 22.2. The number of nitrogens with one attached hydrogen (secondary N) is 1. The van der Waals surface area contributed by atoms with Crippen molar-refractivity contribution in [2.24, 2.45) is 0 Å². The van der Waals surface area contributed by atoms with Gasteiger partial charge in [-0.2, -0.15) is 0 Å². The second kappa shape index (κ2) is 4.38. The molecule has 0 amide bonds. The number of nitrogens with zero attached hydrogens (tertiary/aromatic N) is 1. The maximum atomic E-state index is 13.3. The summed E-state index contributed by atoms with van der Waals surface area (Å²) in [7, 11) is 2.00. The first-order valence-corrected chi connectivity index (χ1v) is 5.10. The number of alkyl halides is 1. The van der Waals surface area contributed by atoms with E-state index >= 15 is 0 Å². The van der Waals surface area contributed by atoms with Crippen molar-refractivity contribution in [1.29, 1.82) is 0 Å². The lowest BCUT2D eigenvalue weighted by Crippen LogP contribution is -2.45. The predicted molar refractivity (Wildman–Crippen MR) is 53.7 cm³/mol. The molecule has 0 spiro atoms. The fraction of sp³-hybridized carbons (Fsp3) is 1.00. The van der Waals surface area contributed by atoms with Crippen molar-refractivity contribution in [2.45, 2.75) is 38.4 Å². The number of rotatable bonds is 3. The van der Waals surface area contributed by atoms with E-state index in [2.05, 4.69) is 10.2 Å². The molecule has 1 rings (SSSR count). The molecule has 0 radical (unpaired) electrons. The van der Waals surface area contributed by atoms with E-state index in [4.69, 9.17) is 0 Å². The van der Waals surface area contributed by atoms with Crippen molar-refractivity contribution in [3.05, 3.63) is 0 Å². The van der Waals surface area contributed by atoms with Crippen molar-refractivity contribution in [1.82, 2.24) is 10.2 Å². The average Bonchev–Trinajstić information content (AvgIpc) is 2.03. The van der Waals surface area contributed by atoms with Crippen LogP contribution < -0.4 is 5.32 Å². The number of halogens is 1. The van der Waals surface area contributed by atoms with E-state index in [-0.39, 0.29) is 0 Å². The van der Waals surface area contributed by atoms with Crippen molar-refractivity contribution in [3.63, 3.8) is 0 Å². The standard InChI is InChI=1S/C10H21FN2/c1-10(2,11)8-13-6-4-9(12-3)5-7-13/h9,12H,4-8H2,1-3H3. The van der Waals surface area contributed by atoms with Gasteiger partial charge in [-0.15, -0.1) is 0 Å². The molecular weight excluding hydrogens is 167 g/mol. The zero-order valence-electron chi connectivity index (χ0n) is 8.94. The van der Waals surface area contributed by atoms with Gasteiger partial charge in [0.2, 0.25) is 0 Å². The summed E-state index contributed by atoms with van der Waals surface area (Å²) in [5.74, 6) is 0. The Kier molecular flexibility index (Phi) is 3.68. The van der Waals surface area contributed by atoms with E-state index in [0.717, 1.165) is 25.9 Å². The zero-order valence-corrected chi connectivity index (χ0v) is 8.94. The molecule has 0 bridgehead atoms. The van der Waals surface area contributed by atoms with Crippen LogP contribution in [-0.4, -0.2) is 43.3 Å². The van der Waals surface area contributed by atoms with Crippen LogP contribution in [0.5, 0.6) is 0 Å². The molecule has 1 N–H and O–H groups in total. The minimum atomic E-state index is -1.05. The highest BCUT2D eigenvalue weighted by Crippen LogP contribution is 2.15. The Bertz CT molecular complexity index is 145. The van der Waals surface area contributed by atoms with Gasteiger partial charge in [0.05, 0.1) is 0 Å². The average molecular weight is 188 g/mol. The van der Waals surface area contributed by atoms with Crippen LogP contribution in [0.3, 0.4) is 0 Å². The predicted octanol–water partition coefficient (Wildman–Crippen LogP) is 1.42. The highest BCUT2D eigenvalue weighted by atomic mass is 19.1. The van der Waals surface area contributed by atoms with Gasteiger partial charge >= 0.3 is 0 Å². The fourth-order valence-electron chi connectivity index (χ4n) is 1.91. The summed E-state index contributed by atoms with van der Waals surface area (Å²) in [6.07, 6.45) is 2.29. The summed E-state index contributed by atoms with van der Waals surface area (Å²) < 4.78 is 13.3. The third kappa shape index (κ3) is 4.05. The summed E-state index contributed by atoms with van der Waals surface area (Å²) in [5.41, 5.74) is -1.05. The van der Waals surface area contributed by atoms with Gasteiger partial charge in [-0.3, -0.25) is 0 Å². The Morgan fingerprint density at radius 3 is 2.31 bits per heavy atom. The van der Waals surface area contributed by atoms with Crippen LogP contribution in [0.2, 0.25) is 0 Å². The summed E-state index contributed by atoms with van der Waals surface area (Å²) in [4.78, 5) is 2.22. The van der Waals surface area contributed by atoms with Crippen LogP contribution in [0.25, 0.3) is 0 Å². The largest absolute Gasteiger partial charge is 0.317 e. The minimum Gasteiger partial charge on any atom is -0.317 e. The van der Waals surface area contributed by atoms with E-state index in [1.807, 2.05) is 7.05 Å². The summed E-state index contributed by atoms with van der Waals surface area (Å²) >= 11 is 0. The maximum Gasteiger partial charge on any atom is 0.118 e. The molecular formula is C10H21FN2. The second-order valence-electron chi connectivity index (χ2n) is 4.56. The van der Waals surface area contributed by atoms with Crippen molar-refractivity contribution < 1.29 is 4.39 Å². The summed E-state index contributed by atoms with van der Waals surface area (Å²) in [5, 5.41) is 3.27. The third-order valence-electron chi connectivity index (χ3n) is 2.60. The Morgan fingerprint density at radius 2 is 1.92 bits per heavy atom. The lowest BCUT2D eigenvalue weighted by Gasteiger charge is -2.34. The molecule has 1 saturated heterocycles. The number of hydrogen-bond donors (Lipinski definition) is 1. The SMILES string of the molecule is CNC1CCN(CC(C)(C)F)CC1. The fourth-order valence-corrected chi connectivity index (χ4v) is 1.91. The summed E-state index contributed by atoms with van der Waals surface area (Å²) in [6.45, 7) is 5.93. The van der Waals surface area contributed by atoms with Crippen LogP contribution >= 0.6 is 0 Å². The van der Waals surface area contributed by atoms with Gasteiger partial charge in [0.25, 0.3) is 0 Å². The van der Waals surface area contributed by atoms with E-state index in [1.165, 1.54) is 0 Å². The zero-order chi connectivity index (χ0) is 9.90. The van der Waals surface area contributed by atoms with Gasteiger partial charge in [-0.25, -0.2) is 4.39 Å². The van der Waals surface area contributed by atoms with Crippen LogP contribution in [0.15, 0.2) is 0 Å². The highest BCUT2D eigenvalue weighted by molar-refractivity contribution is 4.80.